The lowest BCUT2D eigenvalue weighted by atomic mass is 9.78. The van der Waals surface area contributed by atoms with Crippen molar-refractivity contribution >= 4 is 28.6 Å². The topological polar surface area (TPSA) is 96.3 Å². The summed E-state index contributed by atoms with van der Waals surface area (Å²) in [4.78, 5) is 29.6. The van der Waals surface area contributed by atoms with Gasteiger partial charge in [-0.1, -0.05) is 36.4 Å². The van der Waals surface area contributed by atoms with Gasteiger partial charge in [-0.25, -0.2) is 18.0 Å². The molecule has 48 heavy (non-hydrogen) atoms. The lowest BCUT2D eigenvalue weighted by molar-refractivity contribution is -0.137. The van der Waals surface area contributed by atoms with Crippen molar-refractivity contribution in [2.24, 2.45) is 0 Å². The summed E-state index contributed by atoms with van der Waals surface area (Å²) in [6.45, 7) is 11.0. The molecule has 254 valence electrons. The fourth-order valence-electron chi connectivity index (χ4n) is 5.73. The van der Waals surface area contributed by atoms with Gasteiger partial charge in [0.05, 0.1) is 38.2 Å². The Morgan fingerprint density at radius 1 is 0.938 bits per heavy atom. The van der Waals surface area contributed by atoms with Gasteiger partial charge in [0.1, 0.15) is 17.7 Å². The maximum atomic E-state index is 14.5. The third kappa shape index (κ3) is 6.79. The average Bonchev–Trinajstić information content (AvgIpc) is 3.42. The van der Waals surface area contributed by atoms with Crippen LogP contribution in [0, 0.1) is 5.82 Å². The summed E-state index contributed by atoms with van der Waals surface area (Å²) in [5, 5.41) is 7.74. The van der Waals surface area contributed by atoms with E-state index >= 15 is 0 Å². The van der Waals surface area contributed by atoms with Crippen LogP contribution < -0.4 is 14.9 Å². The summed E-state index contributed by atoms with van der Waals surface area (Å²) in [6, 6.07) is 17.2. The van der Waals surface area contributed by atoms with Crippen LogP contribution in [0.2, 0.25) is 0 Å². The Balaban J connectivity index is 1.76. The fraction of sp³-hybridized carbons (Fsp3) is 0.343. The highest BCUT2D eigenvalue weighted by Gasteiger charge is 2.49. The summed E-state index contributed by atoms with van der Waals surface area (Å²) in [6.07, 6.45) is -4.69. The Kier molecular flexibility index (Phi) is 9.41. The summed E-state index contributed by atoms with van der Waals surface area (Å²) < 4.78 is 72.5. The van der Waals surface area contributed by atoms with Gasteiger partial charge in [-0.15, -0.1) is 0 Å². The molecular weight excluding hydrogens is 646 g/mol. The number of para-hydroxylation sites is 1. The number of carbonyl (C=O) groups excluding carboxylic acids is 2. The Morgan fingerprint density at radius 2 is 1.58 bits per heavy atom. The molecule has 3 atom stereocenters. The van der Waals surface area contributed by atoms with Crippen LogP contribution in [0.1, 0.15) is 80.2 Å². The molecule has 5 rings (SSSR count). The van der Waals surface area contributed by atoms with Crippen LogP contribution in [0.5, 0.6) is 0 Å². The molecule has 1 aliphatic heterocycles. The van der Waals surface area contributed by atoms with E-state index in [-0.39, 0.29) is 12.1 Å². The van der Waals surface area contributed by atoms with Gasteiger partial charge in [0.15, 0.2) is 0 Å². The first-order chi connectivity index (χ1) is 22.4. The standard InChI is InChI=1S/C35H37F4N5O3S/c1-7-43-31-27(29(34(5,6)42-48(47)33(2,3)4)41-44(31)25-14-9-8-10-15-25)26(21-16-18-24(36)19-17-21)28(32(43)46)40-30(45)22-12-11-13-23(20-22)35(37,38)39/h8-20,26,28,42H,7H2,1-6H3,(H,40,45)/t26-,28-,48?/m1/s1. The molecule has 0 saturated carbocycles. The van der Waals surface area contributed by atoms with E-state index in [0.29, 0.717) is 28.3 Å². The van der Waals surface area contributed by atoms with E-state index in [1.54, 1.807) is 25.5 Å². The molecule has 1 unspecified atom stereocenters. The van der Waals surface area contributed by atoms with Crippen LogP contribution in [0.15, 0.2) is 78.9 Å². The number of carbonyl (C=O) groups is 2. The van der Waals surface area contributed by atoms with Crippen molar-refractivity contribution in [1.29, 1.82) is 0 Å². The molecule has 0 spiro atoms. The Labute approximate surface area is 279 Å². The minimum Gasteiger partial charge on any atom is -0.339 e. The van der Waals surface area contributed by atoms with Gasteiger partial charge in [-0.05, 0) is 89.6 Å². The third-order valence-corrected chi connectivity index (χ3v) is 9.92. The van der Waals surface area contributed by atoms with Gasteiger partial charge in [0.2, 0.25) is 0 Å². The number of nitrogens with one attached hydrogen (secondary N) is 2. The van der Waals surface area contributed by atoms with Gasteiger partial charge in [0.25, 0.3) is 11.8 Å². The van der Waals surface area contributed by atoms with Crippen molar-refractivity contribution in [3.8, 4) is 5.69 Å². The first-order valence-corrected chi connectivity index (χ1v) is 16.5. The van der Waals surface area contributed by atoms with Crippen LogP contribution in [0.3, 0.4) is 0 Å². The SMILES string of the molecule is CCN1C(=O)[C@H](NC(=O)c2cccc(C(F)(F)F)c2)[C@H](c2ccc(F)cc2)c2c(C(C)(C)NS(=O)C(C)(C)C)nn(-c3ccccc3)c21. The van der Waals surface area contributed by atoms with E-state index < -0.39 is 62.6 Å². The number of aromatic nitrogens is 2. The molecule has 2 amide bonds. The third-order valence-electron chi connectivity index (χ3n) is 8.11. The predicted molar refractivity (Wildman–Crippen MR) is 177 cm³/mol. The smallest absolute Gasteiger partial charge is 0.339 e. The zero-order valence-corrected chi connectivity index (χ0v) is 28.2. The first kappa shape index (κ1) is 35.0. The van der Waals surface area contributed by atoms with Crippen LogP contribution in [0.25, 0.3) is 5.69 Å². The number of hydrogen-bond acceptors (Lipinski definition) is 4. The molecule has 8 nitrogen and oxygen atoms in total. The van der Waals surface area contributed by atoms with E-state index in [1.807, 2.05) is 51.1 Å². The highest BCUT2D eigenvalue weighted by molar-refractivity contribution is 7.84. The molecule has 0 bridgehead atoms. The monoisotopic (exact) mass is 683 g/mol. The van der Waals surface area contributed by atoms with Gasteiger partial charge in [-0.3, -0.25) is 14.5 Å². The number of hydrogen-bond donors (Lipinski definition) is 2. The summed E-state index contributed by atoms with van der Waals surface area (Å²) in [5.41, 5.74) is -0.380. The fourth-order valence-corrected chi connectivity index (χ4v) is 6.60. The molecular formula is C35H37F4N5O3S. The largest absolute Gasteiger partial charge is 0.416 e. The molecule has 1 aromatic heterocycles. The summed E-state index contributed by atoms with van der Waals surface area (Å²) in [5.74, 6) is -2.52. The zero-order chi connectivity index (χ0) is 35.2. The second-order valence-electron chi connectivity index (χ2n) is 13.1. The lowest BCUT2D eigenvalue weighted by Crippen LogP contribution is -2.56. The minimum absolute atomic E-state index is 0.150. The molecule has 2 N–H and O–H groups in total. The van der Waals surface area contributed by atoms with Gasteiger partial charge in [-0.2, -0.15) is 18.3 Å². The number of likely N-dealkylation sites (N-methyl/N-ethyl adjacent to an activating group) is 1. The van der Waals surface area contributed by atoms with Crippen molar-refractivity contribution in [2.45, 2.75) is 70.0 Å². The van der Waals surface area contributed by atoms with Gasteiger partial charge < -0.3 is 5.32 Å². The van der Waals surface area contributed by atoms with Crippen molar-refractivity contribution in [3.63, 3.8) is 0 Å². The molecule has 3 aromatic carbocycles. The number of fused-ring (bicyclic) bond motifs is 1. The Bertz CT molecular complexity index is 1850. The van der Waals surface area contributed by atoms with E-state index in [1.165, 1.54) is 35.2 Å². The van der Waals surface area contributed by atoms with Crippen molar-refractivity contribution in [1.82, 2.24) is 19.8 Å². The van der Waals surface area contributed by atoms with E-state index in [2.05, 4.69) is 10.0 Å². The maximum Gasteiger partial charge on any atom is 0.416 e. The molecule has 0 saturated heterocycles. The summed E-state index contributed by atoms with van der Waals surface area (Å²) >= 11 is 0. The molecule has 4 aromatic rings. The molecule has 0 aliphatic carbocycles. The van der Waals surface area contributed by atoms with Crippen LogP contribution in [-0.2, 0) is 27.5 Å². The van der Waals surface area contributed by atoms with Crippen LogP contribution >= 0.6 is 0 Å². The second kappa shape index (κ2) is 12.9. The van der Waals surface area contributed by atoms with E-state index in [4.69, 9.17) is 5.10 Å². The molecule has 0 fully saturated rings. The number of anilines is 1. The van der Waals surface area contributed by atoms with Crippen molar-refractivity contribution < 1.29 is 31.4 Å². The number of benzene rings is 3. The maximum absolute atomic E-state index is 14.5. The van der Waals surface area contributed by atoms with E-state index in [9.17, 15) is 31.4 Å². The highest BCUT2D eigenvalue weighted by atomic mass is 32.2. The minimum atomic E-state index is -4.69. The van der Waals surface area contributed by atoms with E-state index in [0.717, 1.165) is 18.2 Å². The van der Waals surface area contributed by atoms with Crippen molar-refractivity contribution in [3.05, 3.63) is 113 Å². The van der Waals surface area contributed by atoms with Gasteiger partial charge >= 0.3 is 6.18 Å². The van der Waals surface area contributed by atoms with Crippen LogP contribution in [0.4, 0.5) is 23.4 Å². The Hall–Kier alpha value is -4.36. The van der Waals surface area contributed by atoms with Crippen LogP contribution in [-0.4, -0.2) is 43.1 Å². The average molecular weight is 684 g/mol. The number of nitrogens with zero attached hydrogens (tertiary/aromatic N) is 3. The highest BCUT2D eigenvalue weighted by Crippen LogP contribution is 2.46. The molecule has 2 heterocycles. The molecule has 1 aliphatic rings. The number of alkyl halides is 3. The van der Waals surface area contributed by atoms with Crippen molar-refractivity contribution in [2.75, 3.05) is 11.4 Å². The summed E-state index contributed by atoms with van der Waals surface area (Å²) in [7, 11) is -1.56. The molecule has 13 heteroatoms. The number of halogens is 4. The second-order valence-corrected chi connectivity index (χ2v) is 15.0. The number of amides is 2. The zero-order valence-electron chi connectivity index (χ0n) is 27.4. The molecule has 0 radical (unpaired) electrons. The normalized spacial score (nSPS) is 17.6. The first-order valence-electron chi connectivity index (χ1n) is 15.4. The lowest BCUT2D eigenvalue weighted by Gasteiger charge is -2.39. The number of rotatable bonds is 8. The Morgan fingerprint density at radius 3 is 2.17 bits per heavy atom. The van der Waals surface area contributed by atoms with Gasteiger partial charge in [0, 0.05) is 23.6 Å². The predicted octanol–water partition coefficient (Wildman–Crippen LogP) is 6.61. The quantitative estimate of drug-likeness (QED) is 0.204.